The molecule has 3 heterocycles. The summed E-state index contributed by atoms with van der Waals surface area (Å²) in [6, 6.07) is 14.3. The molecule has 0 saturated heterocycles. The Morgan fingerprint density at radius 3 is 2.39 bits per heavy atom. The van der Waals surface area contributed by atoms with E-state index in [0.29, 0.717) is 21.7 Å². The van der Waals surface area contributed by atoms with E-state index in [1.54, 1.807) is 6.92 Å². The minimum atomic E-state index is -0.849. The Morgan fingerprint density at radius 2 is 1.78 bits per heavy atom. The van der Waals surface area contributed by atoms with E-state index >= 15 is 0 Å². The molecule has 4 aromatic rings. The van der Waals surface area contributed by atoms with Gasteiger partial charge in [-0.05, 0) is 57.5 Å². The van der Waals surface area contributed by atoms with Crippen LogP contribution < -0.4 is 9.80 Å². The number of aryl methyl sites for hydroxylation is 2. The van der Waals surface area contributed by atoms with E-state index in [0.717, 1.165) is 29.3 Å². The quantitative estimate of drug-likeness (QED) is 0.335. The Kier molecular flexibility index (Phi) is 6.09. The lowest BCUT2D eigenvalue weighted by Crippen LogP contribution is -2.32. The highest BCUT2D eigenvalue weighted by Gasteiger charge is 2.46. The molecule has 0 radical (unpaired) electrons. The molecular formula is C27H27N5O3S. The van der Waals surface area contributed by atoms with Gasteiger partial charge in [0.05, 0.1) is 38.2 Å². The molecule has 0 spiro atoms. The molecule has 1 aliphatic rings. The first-order valence-corrected chi connectivity index (χ1v) is 12.7. The molecule has 2 aromatic carbocycles. The number of aromatic nitrogens is 3. The first-order valence-electron chi connectivity index (χ1n) is 11.9. The summed E-state index contributed by atoms with van der Waals surface area (Å²) >= 11 is 1.26. The number of carbonyl (C=O) groups excluding carboxylic acids is 2. The zero-order valence-corrected chi connectivity index (χ0v) is 21.4. The van der Waals surface area contributed by atoms with Crippen molar-refractivity contribution in [1.29, 1.82) is 0 Å². The monoisotopic (exact) mass is 501 g/mol. The number of aliphatic hydroxyl groups is 1. The van der Waals surface area contributed by atoms with Crippen LogP contribution in [0.5, 0.6) is 0 Å². The number of anilines is 2. The van der Waals surface area contributed by atoms with Gasteiger partial charge >= 0.3 is 0 Å². The SMILES string of the molecule is CCN(CC)c1ccc(C2C(C(=O)c3sc(C)nc3C)=C(O)C(=O)N2c2nc3ccccc3[nH]2)cc1. The van der Waals surface area contributed by atoms with Crippen LogP contribution in [-0.4, -0.2) is 44.8 Å². The van der Waals surface area contributed by atoms with Crippen LogP contribution in [0.25, 0.3) is 11.0 Å². The van der Waals surface area contributed by atoms with Crippen LogP contribution in [0.3, 0.4) is 0 Å². The normalized spacial score (nSPS) is 15.8. The average Bonchev–Trinajstić information content (AvgIpc) is 3.53. The number of fused-ring (bicyclic) bond motifs is 1. The fourth-order valence-corrected chi connectivity index (χ4v) is 5.62. The van der Waals surface area contributed by atoms with Crippen LogP contribution in [0, 0.1) is 13.8 Å². The second-order valence-corrected chi connectivity index (χ2v) is 9.86. The third kappa shape index (κ3) is 3.85. The van der Waals surface area contributed by atoms with Crippen LogP contribution in [0.1, 0.15) is 45.8 Å². The first-order chi connectivity index (χ1) is 17.3. The Bertz CT molecular complexity index is 1460. The van der Waals surface area contributed by atoms with Crippen molar-refractivity contribution in [2.45, 2.75) is 33.7 Å². The number of rotatable bonds is 7. The summed E-state index contributed by atoms with van der Waals surface area (Å²) in [6.07, 6.45) is 0. The minimum absolute atomic E-state index is 0.0304. The summed E-state index contributed by atoms with van der Waals surface area (Å²) in [5, 5.41) is 11.8. The van der Waals surface area contributed by atoms with E-state index < -0.39 is 23.5 Å². The number of ketones is 1. The summed E-state index contributed by atoms with van der Waals surface area (Å²) in [7, 11) is 0. The van der Waals surface area contributed by atoms with Gasteiger partial charge in [0.25, 0.3) is 5.91 Å². The summed E-state index contributed by atoms with van der Waals surface area (Å²) < 4.78 is 0. The number of H-pyrrole nitrogens is 1. The second-order valence-electron chi connectivity index (χ2n) is 8.66. The van der Waals surface area contributed by atoms with Crippen molar-refractivity contribution >= 4 is 45.7 Å². The molecule has 0 saturated carbocycles. The summed E-state index contributed by atoms with van der Waals surface area (Å²) in [5.74, 6) is -1.37. The zero-order chi connectivity index (χ0) is 25.6. The Morgan fingerprint density at radius 1 is 1.08 bits per heavy atom. The van der Waals surface area contributed by atoms with Crippen molar-refractivity contribution in [2.24, 2.45) is 0 Å². The number of Topliss-reactive ketones (excluding diaryl/α,β-unsaturated/α-hetero) is 1. The smallest absolute Gasteiger partial charge is 0.296 e. The van der Waals surface area contributed by atoms with Crippen LogP contribution in [0.4, 0.5) is 11.6 Å². The van der Waals surface area contributed by atoms with Crippen molar-refractivity contribution < 1.29 is 14.7 Å². The Balaban J connectivity index is 1.65. The summed E-state index contributed by atoms with van der Waals surface area (Å²) in [4.78, 5) is 43.4. The molecule has 5 rings (SSSR count). The van der Waals surface area contributed by atoms with E-state index in [4.69, 9.17) is 0 Å². The van der Waals surface area contributed by atoms with E-state index in [-0.39, 0.29) is 11.5 Å². The van der Waals surface area contributed by atoms with Gasteiger partial charge in [0.2, 0.25) is 11.7 Å². The maximum Gasteiger partial charge on any atom is 0.296 e. The number of nitrogens with zero attached hydrogens (tertiary/aromatic N) is 4. The van der Waals surface area contributed by atoms with E-state index in [1.165, 1.54) is 16.2 Å². The van der Waals surface area contributed by atoms with E-state index in [1.807, 2.05) is 55.5 Å². The molecule has 2 aromatic heterocycles. The van der Waals surface area contributed by atoms with Gasteiger partial charge in [-0.25, -0.2) is 9.97 Å². The van der Waals surface area contributed by atoms with Crippen LogP contribution in [-0.2, 0) is 4.79 Å². The molecule has 0 aliphatic carbocycles. The van der Waals surface area contributed by atoms with Gasteiger partial charge in [0.15, 0.2) is 5.76 Å². The number of para-hydroxylation sites is 2. The van der Waals surface area contributed by atoms with Crippen LogP contribution >= 0.6 is 11.3 Å². The molecule has 1 amide bonds. The Hall–Kier alpha value is -3.98. The lowest BCUT2D eigenvalue weighted by Gasteiger charge is -2.26. The maximum absolute atomic E-state index is 13.8. The number of aliphatic hydroxyl groups excluding tert-OH is 1. The van der Waals surface area contributed by atoms with Crippen molar-refractivity contribution in [3.8, 4) is 0 Å². The van der Waals surface area contributed by atoms with E-state index in [9.17, 15) is 14.7 Å². The number of nitrogens with one attached hydrogen (secondary N) is 1. The maximum atomic E-state index is 13.8. The van der Waals surface area contributed by atoms with Gasteiger partial charge in [-0.3, -0.25) is 14.5 Å². The topological polar surface area (TPSA) is 102 Å². The molecule has 8 nitrogen and oxygen atoms in total. The Labute approximate surface area is 212 Å². The third-order valence-corrected chi connectivity index (χ3v) is 7.58. The molecule has 0 bridgehead atoms. The van der Waals surface area contributed by atoms with Crippen molar-refractivity contribution in [3.05, 3.63) is 81.0 Å². The number of aromatic amines is 1. The van der Waals surface area contributed by atoms with Gasteiger partial charge in [0, 0.05) is 18.8 Å². The predicted molar refractivity (Wildman–Crippen MR) is 142 cm³/mol. The highest BCUT2D eigenvalue weighted by molar-refractivity contribution is 7.14. The highest BCUT2D eigenvalue weighted by Crippen LogP contribution is 2.42. The molecule has 36 heavy (non-hydrogen) atoms. The lowest BCUT2D eigenvalue weighted by atomic mass is 9.95. The number of thiazole rings is 1. The molecule has 184 valence electrons. The molecule has 0 fully saturated rings. The third-order valence-electron chi connectivity index (χ3n) is 6.50. The largest absolute Gasteiger partial charge is 0.503 e. The number of hydrogen-bond acceptors (Lipinski definition) is 7. The number of hydrogen-bond donors (Lipinski definition) is 2. The average molecular weight is 502 g/mol. The minimum Gasteiger partial charge on any atom is -0.503 e. The molecule has 1 atom stereocenters. The number of imidazole rings is 1. The van der Waals surface area contributed by atoms with Crippen LogP contribution in [0.15, 0.2) is 59.9 Å². The molecular weight excluding hydrogens is 474 g/mol. The van der Waals surface area contributed by atoms with Gasteiger partial charge in [-0.15, -0.1) is 11.3 Å². The number of carbonyl (C=O) groups is 2. The highest BCUT2D eigenvalue weighted by atomic mass is 32.1. The van der Waals surface area contributed by atoms with E-state index in [2.05, 4.69) is 33.7 Å². The van der Waals surface area contributed by atoms with Crippen molar-refractivity contribution in [3.63, 3.8) is 0 Å². The lowest BCUT2D eigenvalue weighted by molar-refractivity contribution is -0.117. The fraction of sp³-hybridized carbons (Fsp3) is 0.259. The molecule has 9 heteroatoms. The van der Waals surface area contributed by atoms with Crippen LogP contribution in [0.2, 0.25) is 0 Å². The van der Waals surface area contributed by atoms with Gasteiger partial charge in [0.1, 0.15) is 0 Å². The molecule has 1 aliphatic heterocycles. The second kappa shape index (κ2) is 9.23. The van der Waals surface area contributed by atoms with Gasteiger partial charge < -0.3 is 15.0 Å². The standard InChI is InChI=1S/C27H27N5O3S/c1-5-31(6-2)18-13-11-17(12-14-18)22-21(23(33)25-15(3)28-16(4)36-25)24(34)26(35)32(22)27-29-19-9-7-8-10-20(19)30-27/h7-14,22,34H,5-6H2,1-4H3,(H,29,30). The van der Waals surface area contributed by atoms with Gasteiger partial charge in [-0.2, -0.15) is 0 Å². The summed E-state index contributed by atoms with van der Waals surface area (Å²) in [6.45, 7) is 9.48. The first kappa shape index (κ1) is 23.7. The van der Waals surface area contributed by atoms with Gasteiger partial charge in [-0.1, -0.05) is 24.3 Å². The molecule has 2 N–H and O–H groups in total. The van der Waals surface area contributed by atoms with Crippen molar-refractivity contribution in [1.82, 2.24) is 15.0 Å². The fourth-order valence-electron chi connectivity index (χ4n) is 4.74. The number of amides is 1. The zero-order valence-electron chi connectivity index (χ0n) is 20.6. The predicted octanol–water partition coefficient (Wildman–Crippen LogP) is 5.27. The molecule has 1 unspecified atom stereocenters. The number of benzene rings is 2. The van der Waals surface area contributed by atoms with Crippen molar-refractivity contribution in [2.75, 3.05) is 22.9 Å². The summed E-state index contributed by atoms with van der Waals surface area (Å²) in [5.41, 5.74) is 3.79.